The van der Waals surface area contributed by atoms with Crippen LogP contribution in [0.4, 0.5) is 5.69 Å². The second-order valence-electron chi connectivity index (χ2n) is 7.59. The fraction of sp³-hybridized carbons (Fsp3) is 0.348. The van der Waals surface area contributed by atoms with Crippen molar-refractivity contribution in [2.75, 3.05) is 19.5 Å². The molecule has 152 valence electrons. The van der Waals surface area contributed by atoms with Gasteiger partial charge in [0.25, 0.3) is 0 Å². The maximum absolute atomic E-state index is 10.1. The van der Waals surface area contributed by atoms with Gasteiger partial charge < -0.3 is 20.5 Å². The molecule has 1 saturated carbocycles. The molecular weight excluding hydrogens is 386 g/mol. The maximum Gasteiger partial charge on any atom is 0.176 e. The Labute approximate surface area is 176 Å². The van der Waals surface area contributed by atoms with E-state index in [9.17, 15) is 5.11 Å². The number of phenolic OH excluding ortho intramolecular Hbond substituents is 1. The standard InChI is InChI=1S/C23H26ClN3O2/c1-25-15-7-8-20(27-21-9-10-26-19-6-4-3-5-16(19)21)17(13-15)14-11-18(24)23(28)22(12-14)29-2/h3-6,9-12,15,17,20,25,28H,7-8,13H2,1-2H3,(H,26,27)/t15-,17?,20-/m1/s1. The molecule has 4 rings (SSSR count). The first-order valence-corrected chi connectivity index (χ1v) is 10.3. The van der Waals surface area contributed by atoms with Crippen LogP contribution in [0.15, 0.2) is 48.7 Å². The number of anilines is 1. The minimum atomic E-state index is -0.0106. The number of fused-ring (bicyclic) bond motifs is 1. The number of methoxy groups -OCH3 is 1. The van der Waals surface area contributed by atoms with Crippen LogP contribution < -0.4 is 15.4 Å². The summed E-state index contributed by atoms with van der Waals surface area (Å²) >= 11 is 6.30. The molecule has 0 radical (unpaired) electrons. The second kappa shape index (κ2) is 8.47. The lowest BCUT2D eigenvalue weighted by molar-refractivity contribution is 0.329. The van der Waals surface area contributed by atoms with Crippen LogP contribution in [-0.2, 0) is 0 Å². The zero-order valence-electron chi connectivity index (χ0n) is 16.7. The number of phenols is 1. The molecule has 3 N–H and O–H groups in total. The number of aromatic nitrogens is 1. The summed E-state index contributed by atoms with van der Waals surface area (Å²) in [6, 6.07) is 14.6. The van der Waals surface area contributed by atoms with Gasteiger partial charge in [-0.05, 0) is 56.1 Å². The molecule has 1 aliphatic rings. The van der Waals surface area contributed by atoms with E-state index in [-0.39, 0.29) is 17.7 Å². The lowest BCUT2D eigenvalue weighted by Crippen LogP contribution is -2.40. The smallest absolute Gasteiger partial charge is 0.176 e. The summed E-state index contributed by atoms with van der Waals surface area (Å²) in [4.78, 5) is 4.47. The quantitative estimate of drug-likeness (QED) is 0.555. The molecule has 1 aromatic heterocycles. The van der Waals surface area contributed by atoms with Crippen molar-refractivity contribution in [2.45, 2.75) is 37.3 Å². The lowest BCUT2D eigenvalue weighted by Gasteiger charge is -2.38. The minimum Gasteiger partial charge on any atom is -0.503 e. The highest BCUT2D eigenvalue weighted by Crippen LogP contribution is 2.42. The third-order valence-corrected chi connectivity index (χ3v) is 6.24. The summed E-state index contributed by atoms with van der Waals surface area (Å²) in [6.07, 6.45) is 4.94. The van der Waals surface area contributed by atoms with Crippen molar-refractivity contribution in [3.8, 4) is 11.5 Å². The lowest BCUT2D eigenvalue weighted by atomic mass is 9.77. The summed E-state index contributed by atoms with van der Waals surface area (Å²) in [5.41, 5.74) is 3.14. The van der Waals surface area contributed by atoms with E-state index in [0.717, 1.165) is 41.4 Å². The number of benzene rings is 2. The zero-order valence-corrected chi connectivity index (χ0v) is 17.4. The van der Waals surface area contributed by atoms with Gasteiger partial charge in [-0.2, -0.15) is 0 Å². The highest BCUT2D eigenvalue weighted by Gasteiger charge is 2.32. The molecule has 3 atom stereocenters. The van der Waals surface area contributed by atoms with E-state index in [1.54, 1.807) is 7.11 Å². The average Bonchev–Trinajstić information content (AvgIpc) is 2.76. The van der Waals surface area contributed by atoms with Gasteiger partial charge >= 0.3 is 0 Å². The van der Waals surface area contributed by atoms with Gasteiger partial charge in [-0.15, -0.1) is 0 Å². The second-order valence-corrected chi connectivity index (χ2v) is 7.99. The number of pyridine rings is 1. The molecule has 1 aliphatic carbocycles. The number of nitrogens with one attached hydrogen (secondary N) is 2. The SMILES string of the molecule is CN[C@@H]1CC[C@@H](Nc2ccnc3ccccc23)C(c2cc(Cl)c(O)c(OC)c2)C1. The molecule has 3 aromatic rings. The Morgan fingerprint density at radius 1 is 1.17 bits per heavy atom. The average molecular weight is 412 g/mol. The summed E-state index contributed by atoms with van der Waals surface area (Å²) < 4.78 is 5.34. The van der Waals surface area contributed by atoms with Crippen LogP contribution in [0, 0.1) is 0 Å². The van der Waals surface area contributed by atoms with Gasteiger partial charge in [-0.25, -0.2) is 0 Å². The molecule has 0 amide bonds. The highest BCUT2D eigenvalue weighted by atomic mass is 35.5. The number of ether oxygens (including phenoxy) is 1. The van der Waals surface area contributed by atoms with E-state index in [2.05, 4.69) is 21.7 Å². The third-order valence-electron chi connectivity index (χ3n) is 5.95. The Hall–Kier alpha value is -2.50. The number of para-hydroxylation sites is 1. The predicted molar refractivity (Wildman–Crippen MR) is 118 cm³/mol. The highest BCUT2D eigenvalue weighted by molar-refractivity contribution is 6.32. The molecule has 0 bridgehead atoms. The van der Waals surface area contributed by atoms with Crippen LogP contribution in [-0.4, -0.2) is 36.3 Å². The van der Waals surface area contributed by atoms with Gasteiger partial charge in [-0.1, -0.05) is 29.8 Å². The van der Waals surface area contributed by atoms with Crippen LogP contribution in [0.25, 0.3) is 10.9 Å². The fourth-order valence-electron chi connectivity index (χ4n) is 4.36. The number of hydrogen-bond acceptors (Lipinski definition) is 5. The molecule has 1 unspecified atom stereocenters. The van der Waals surface area contributed by atoms with Crippen molar-refractivity contribution < 1.29 is 9.84 Å². The van der Waals surface area contributed by atoms with Gasteiger partial charge in [0.2, 0.25) is 0 Å². The summed E-state index contributed by atoms with van der Waals surface area (Å²) in [6.45, 7) is 0. The molecule has 29 heavy (non-hydrogen) atoms. The number of hydrogen-bond donors (Lipinski definition) is 3. The van der Waals surface area contributed by atoms with Crippen LogP contribution in [0.2, 0.25) is 5.02 Å². The zero-order chi connectivity index (χ0) is 20.4. The van der Waals surface area contributed by atoms with Gasteiger partial charge in [0, 0.05) is 35.3 Å². The fourth-order valence-corrected chi connectivity index (χ4v) is 4.58. The Morgan fingerprint density at radius 2 is 2.00 bits per heavy atom. The van der Waals surface area contributed by atoms with Gasteiger partial charge in [0.05, 0.1) is 17.6 Å². The van der Waals surface area contributed by atoms with E-state index in [1.165, 1.54) is 0 Å². The Morgan fingerprint density at radius 3 is 2.79 bits per heavy atom. The van der Waals surface area contributed by atoms with E-state index >= 15 is 0 Å². The number of halogens is 1. The third kappa shape index (κ3) is 3.98. The van der Waals surface area contributed by atoms with Crippen molar-refractivity contribution in [3.05, 3.63) is 59.2 Å². The van der Waals surface area contributed by atoms with Crippen molar-refractivity contribution in [1.82, 2.24) is 10.3 Å². The summed E-state index contributed by atoms with van der Waals surface area (Å²) in [5, 5.41) is 18.8. The number of rotatable bonds is 5. The Kier molecular flexibility index (Phi) is 5.79. The van der Waals surface area contributed by atoms with Gasteiger partial charge in [0.15, 0.2) is 11.5 Å². The maximum atomic E-state index is 10.1. The van der Waals surface area contributed by atoms with Crippen molar-refractivity contribution in [3.63, 3.8) is 0 Å². The molecule has 0 spiro atoms. The normalized spacial score (nSPS) is 21.8. The summed E-state index contributed by atoms with van der Waals surface area (Å²) in [5.74, 6) is 0.621. The van der Waals surface area contributed by atoms with Crippen LogP contribution in [0.5, 0.6) is 11.5 Å². The molecule has 6 heteroatoms. The predicted octanol–water partition coefficient (Wildman–Crippen LogP) is 4.94. The first-order chi connectivity index (χ1) is 14.1. The van der Waals surface area contributed by atoms with Gasteiger partial charge in [-0.3, -0.25) is 4.98 Å². The Balaban J connectivity index is 1.70. The summed E-state index contributed by atoms with van der Waals surface area (Å²) in [7, 11) is 3.56. The molecule has 1 heterocycles. The first kappa shape index (κ1) is 19.8. The molecule has 5 nitrogen and oxygen atoms in total. The van der Waals surface area contributed by atoms with E-state index in [0.29, 0.717) is 16.8 Å². The largest absolute Gasteiger partial charge is 0.503 e. The topological polar surface area (TPSA) is 66.4 Å². The van der Waals surface area contributed by atoms with E-state index < -0.39 is 0 Å². The number of aromatic hydroxyl groups is 1. The minimum absolute atomic E-state index is 0.0106. The molecular formula is C23H26ClN3O2. The van der Waals surface area contributed by atoms with Crippen LogP contribution in [0.1, 0.15) is 30.7 Å². The number of nitrogens with zero attached hydrogens (tertiary/aromatic N) is 1. The van der Waals surface area contributed by atoms with Crippen molar-refractivity contribution in [2.24, 2.45) is 0 Å². The Bertz CT molecular complexity index is 1010. The van der Waals surface area contributed by atoms with E-state index in [4.69, 9.17) is 16.3 Å². The van der Waals surface area contributed by atoms with Crippen LogP contribution >= 0.6 is 11.6 Å². The molecule has 0 saturated heterocycles. The molecule has 2 aromatic carbocycles. The van der Waals surface area contributed by atoms with Gasteiger partial charge in [0.1, 0.15) is 0 Å². The van der Waals surface area contributed by atoms with Crippen LogP contribution in [0.3, 0.4) is 0 Å². The van der Waals surface area contributed by atoms with Crippen molar-refractivity contribution >= 4 is 28.2 Å². The first-order valence-electron chi connectivity index (χ1n) is 9.94. The van der Waals surface area contributed by atoms with E-state index in [1.807, 2.05) is 49.6 Å². The monoisotopic (exact) mass is 411 g/mol. The molecule has 1 fully saturated rings. The van der Waals surface area contributed by atoms with Crippen molar-refractivity contribution in [1.29, 1.82) is 0 Å². The molecule has 0 aliphatic heterocycles.